The van der Waals surface area contributed by atoms with Crippen LogP contribution in [-0.2, 0) is 0 Å². The van der Waals surface area contributed by atoms with Crippen LogP contribution in [0.25, 0.3) is 11.3 Å². The second-order valence-corrected chi connectivity index (χ2v) is 7.34. The van der Waals surface area contributed by atoms with Gasteiger partial charge in [-0.1, -0.05) is 24.3 Å². The lowest BCUT2D eigenvalue weighted by Crippen LogP contribution is -2.13. The number of methoxy groups -OCH3 is 3. The summed E-state index contributed by atoms with van der Waals surface area (Å²) in [5, 5.41) is 5.89. The van der Waals surface area contributed by atoms with Gasteiger partial charge in [-0.25, -0.2) is 9.37 Å². The molecule has 0 aliphatic rings. The number of hydrogen-bond donors (Lipinski definition) is 2. The molecule has 2 N–H and O–H groups in total. The molecule has 1 aromatic heterocycles. The number of nitrogens with one attached hydrogen (secondary N) is 2. The molecule has 35 heavy (non-hydrogen) atoms. The molecule has 0 fully saturated rings. The molecule has 1 amide bonds. The minimum atomic E-state index is -0.576. The Balaban J connectivity index is 1.51. The van der Waals surface area contributed by atoms with Crippen molar-refractivity contribution < 1.29 is 23.4 Å². The Kier molecular flexibility index (Phi) is 7.06. The topological polar surface area (TPSA) is 94.6 Å². The van der Waals surface area contributed by atoms with Crippen LogP contribution in [-0.4, -0.2) is 37.2 Å². The van der Waals surface area contributed by atoms with E-state index in [1.807, 2.05) is 0 Å². The van der Waals surface area contributed by atoms with Gasteiger partial charge in [0.25, 0.3) is 5.91 Å². The van der Waals surface area contributed by atoms with Crippen LogP contribution in [0.4, 0.5) is 21.6 Å². The maximum absolute atomic E-state index is 13.8. The first-order chi connectivity index (χ1) is 17.0. The van der Waals surface area contributed by atoms with Crippen LogP contribution in [0.15, 0.2) is 73.1 Å². The second-order valence-electron chi connectivity index (χ2n) is 7.34. The van der Waals surface area contributed by atoms with Crippen LogP contribution in [0.2, 0.25) is 0 Å². The summed E-state index contributed by atoms with van der Waals surface area (Å²) in [7, 11) is 4.63. The zero-order valence-electron chi connectivity index (χ0n) is 19.3. The third-order valence-electron chi connectivity index (χ3n) is 5.13. The van der Waals surface area contributed by atoms with E-state index in [0.717, 1.165) is 5.56 Å². The van der Waals surface area contributed by atoms with Crippen LogP contribution in [0.5, 0.6) is 17.2 Å². The fraction of sp³-hybridized carbons (Fsp3) is 0.115. The molecular weight excluding hydrogens is 451 g/mol. The van der Waals surface area contributed by atoms with Crippen LogP contribution >= 0.6 is 0 Å². The SMILES string of the molecule is COc1cc(Nc2cncc(-c3ccc(NC(=O)c4ccccc4F)cc3)n2)cc(OC)c1OC. The van der Waals surface area contributed by atoms with Gasteiger partial charge in [0.15, 0.2) is 11.5 Å². The lowest BCUT2D eigenvalue weighted by atomic mass is 10.1. The lowest BCUT2D eigenvalue weighted by Gasteiger charge is -2.15. The predicted molar refractivity (Wildman–Crippen MR) is 131 cm³/mol. The highest BCUT2D eigenvalue weighted by Crippen LogP contribution is 2.40. The van der Waals surface area contributed by atoms with Gasteiger partial charge in [-0.05, 0) is 24.3 Å². The summed E-state index contributed by atoms with van der Waals surface area (Å²) >= 11 is 0. The summed E-state index contributed by atoms with van der Waals surface area (Å²) in [5.41, 5.74) is 2.59. The van der Waals surface area contributed by atoms with E-state index in [2.05, 4.69) is 20.6 Å². The lowest BCUT2D eigenvalue weighted by molar-refractivity contribution is 0.102. The van der Waals surface area contributed by atoms with Gasteiger partial charge in [-0.15, -0.1) is 0 Å². The summed E-state index contributed by atoms with van der Waals surface area (Å²) < 4.78 is 30.0. The first-order valence-electron chi connectivity index (χ1n) is 10.6. The number of carbonyl (C=O) groups excluding carboxylic acids is 1. The van der Waals surface area contributed by atoms with E-state index >= 15 is 0 Å². The van der Waals surface area contributed by atoms with Gasteiger partial charge in [0.05, 0.1) is 45.0 Å². The average Bonchev–Trinajstić information content (AvgIpc) is 2.88. The quantitative estimate of drug-likeness (QED) is 0.358. The highest BCUT2D eigenvalue weighted by atomic mass is 19.1. The number of hydrogen-bond acceptors (Lipinski definition) is 7. The summed E-state index contributed by atoms with van der Waals surface area (Å²) in [6.45, 7) is 0. The standard InChI is InChI=1S/C26H23FN4O4/c1-33-22-12-18(13-23(34-2)25(22)35-3)29-24-15-28-14-21(31-24)16-8-10-17(11-9-16)30-26(32)19-6-4-5-7-20(19)27/h4-15H,1-3H3,(H,29,31)(H,30,32). The van der Waals surface area contributed by atoms with E-state index in [4.69, 9.17) is 14.2 Å². The minimum Gasteiger partial charge on any atom is -0.493 e. The molecule has 0 saturated carbocycles. The van der Waals surface area contributed by atoms with Crippen LogP contribution in [0.3, 0.4) is 0 Å². The second kappa shape index (κ2) is 10.5. The molecule has 0 bridgehead atoms. The molecule has 8 nitrogen and oxygen atoms in total. The number of anilines is 3. The molecule has 178 valence electrons. The molecular formula is C26H23FN4O4. The Hall–Kier alpha value is -4.66. The number of carbonyl (C=O) groups is 1. The smallest absolute Gasteiger partial charge is 0.258 e. The number of halogens is 1. The van der Waals surface area contributed by atoms with E-state index in [1.165, 1.54) is 18.2 Å². The molecule has 1 heterocycles. The maximum atomic E-state index is 13.8. The van der Waals surface area contributed by atoms with Crippen LogP contribution in [0.1, 0.15) is 10.4 Å². The number of ether oxygens (including phenoxy) is 3. The molecule has 0 atom stereocenters. The van der Waals surface area contributed by atoms with Crippen molar-refractivity contribution in [3.63, 3.8) is 0 Å². The van der Waals surface area contributed by atoms with Gasteiger partial charge in [-0.3, -0.25) is 9.78 Å². The van der Waals surface area contributed by atoms with E-state index in [1.54, 1.807) is 76.2 Å². The molecule has 0 saturated heterocycles. The molecule has 9 heteroatoms. The van der Waals surface area contributed by atoms with Crippen LogP contribution in [0, 0.1) is 5.82 Å². The molecule has 0 aliphatic carbocycles. The van der Waals surface area contributed by atoms with Gasteiger partial charge >= 0.3 is 0 Å². The molecule has 0 aliphatic heterocycles. The fourth-order valence-corrected chi connectivity index (χ4v) is 3.43. The first-order valence-corrected chi connectivity index (χ1v) is 10.6. The van der Waals surface area contributed by atoms with Crippen molar-refractivity contribution >= 4 is 23.1 Å². The highest BCUT2D eigenvalue weighted by Gasteiger charge is 2.14. The predicted octanol–water partition coefficient (Wildman–Crippen LogP) is 5.30. The minimum absolute atomic E-state index is 0.0204. The van der Waals surface area contributed by atoms with Crippen molar-refractivity contribution in [1.82, 2.24) is 9.97 Å². The highest BCUT2D eigenvalue weighted by molar-refractivity contribution is 6.04. The fourth-order valence-electron chi connectivity index (χ4n) is 3.43. The summed E-state index contributed by atoms with van der Waals surface area (Å²) in [6.07, 6.45) is 3.23. The third kappa shape index (κ3) is 5.30. The van der Waals surface area contributed by atoms with Gasteiger partial charge < -0.3 is 24.8 Å². The summed E-state index contributed by atoms with van der Waals surface area (Å²) in [4.78, 5) is 21.2. The molecule has 0 spiro atoms. The number of nitrogens with zero attached hydrogens (tertiary/aromatic N) is 2. The monoisotopic (exact) mass is 474 g/mol. The van der Waals surface area contributed by atoms with Crippen molar-refractivity contribution in [2.24, 2.45) is 0 Å². The van der Waals surface area contributed by atoms with Gasteiger partial charge in [0.1, 0.15) is 11.6 Å². The maximum Gasteiger partial charge on any atom is 0.258 e. The molecule has 4 rings (SSSR count). The number of amides is 1. The van der Waals surface area contributed by atoms with E-state index in [-0.39, 0.29) is 5.56 Å². The average molecular weight is 474 g/mol. The van der Waals surface area contributed by atoms with Crippen molar-refractivity contribution in [2.45, 2.75) is 0 Å². The number of benzene rings is 3. The molecule has 0 radical (unpaired) electrons. The first kappa shape index (κ1) is 23.5. The summed E-state index contributed by atoms with van der Waals surface area (Å²) in [6, 6.07) is 16.4. The van der Waals surface area contributed by atoms with Crippen molar-refractivity contribution in [2.75, 3.05) is 32.0 Å². The van der Waals surface area contributed by atoms with Gasteiger partial charge in [0, 0.05) is 29.1 Å². The molecule has 4 aromatic rings. The van der Waals surface area contributed by atoms with E-state index in [0.29, 0.717) is 40.1 Å². The normalized spacial score (nSPS) is 10.4. The van der Waals surface area contributed by atoms with E-state index in [9.17, 15) is 9.18 Å². The van der Waals surface area contributed by atoms with Crippen molar-refractivity contribution in [3.8, 4) is 28.5 Å². The zero-order chi connectivity index (χ0) is 24.8. The Morgan fingerprint density at radius 3 is 2.17 bits per heavy atom. The Labute approximate surface area is 201 Å². The Morgan fingerprint density at radius 1 is 0.857 bits per heavy atom. The van der Waals surface area contributed by atoms with Crippen molar-refractivity contribution in [3.05, 3.63) is 84.4 Å². The zero-order valence-corrected chi connectivity index (χ0v) is 19.3. The largest absolute Gasteiger partial charge is 0.493 e. The third-order valence-corrected chi connectivity index (χ3v) is 5.13. The van der Waals surface area contributed by atoms with Crippen LogP contribution < -0.4 is 24.8 Å². The Bertz CT molecular complexity index is 1320. The van der Waals surface area contributed by atoms with Gasteiger partial charge in [0.2, 0.25) is 5.75 Å². The molecule has 3 aromatic carbocycles. The molecule has 0 unspecified atom stereocenters. The number of rotatable bonds is 8. The summed E-state index contributed by atoms with van der Waals surface area (Å²) in [5.74, 6) is 0.912. The Morgan fingerprint density at radius 2 is 1.54 bits per heavy atom. The van der Waals surface area contributed by atoms with Gasteiger partial charge in [-0.2, -0.15) is 0 Å². The van der Waals surface area contributed by atoms with E-state index < -0.39 is 11.7 Å². The number of aromatic nitrogens is 2. The van der Waals surface area contributed by atoms with Crippen molar-refractivity contribution in [1.29, 1.82) is 0 Å².